The molecule has 0 bridgehead atoms. The highest BCUT2D eigenvalue weighted by molar-refractivity contribution is 5.87. The molecular weight excluding hydrogens is 202 g/mol. The predicted molar refractivity (Wildman–Crippen MR) is 62.3 cm³/mol. The van der Waals surface area contributed by atoms with E-state index < -0.39 is 11.5 Å². The first-order valence-electron chi connectivity index (χ1n) is 5.62. The normalized spacial score (nSPS) is 19.1. The number of hydrogen-bond donors (Lipinski definition) is 2. The monoisotopic (exact) mass is 219 g/mol. The van der Waals surface area contributed by atoms with Crippen molar-refractivity contribution in [3.63, 3.8) is 0 Å². The van der Waals surface area contributed by atoms with E-state index in [0.29, 0.717) is 5.56 Å². The molecule has 1 saturated carbocycles. The summed E-state index contributed by atoms with van der Waals surface area (Å²) in [5, 5.41) is 8.93. The van der Waals surface area contributed by atoms with Gasteiger partial charge in [0.15, 0.2) is 0 Å². The molecule has 3 N–H and O–H groups in total. The Balaban J connectivity index is 2.23. The van der Waals surface area contributed by atoms with Gasteiger partial charge in [-0.1, -0.05) is 25.0 Å². The molecule has 3 nitrogen and oxygen atoms in total. The average Bonchev–Trinajstić information content (AvgIpc) is 3.01. The zero-order chi connectivity index (χ0) is 11.8. The number of rotatable bonds is 4. The zero-order valence-corrected chi connectivity index (χ0v) is 9.44. The quantitative estimate of drug-likeness (QED) is 0.817. The van der Waals surface area contributed by atoms with Crippen molar-refractivity contribution in [2.75, 3.05) is 0 Å². The third kappa shape index (κ3) is 2.42. The fraction of sp³-hybridized carbons (Fsp3) is 0.462. The second-order valence-corrected chi connectivity index (χ2v) is 4.95. The lowest BCUT2D eigenvalue weighted by atomic mass is 9.87. The maximum absolute atomic E-state index is 10.9. The number of carbonyl (C=O) groups is 1. The first-order chi connectivity index (χ1) is 7.49. The van der Waals surface area contributed by atoms with Gasteiger partial charge in [-0.3, -0.25) is 0 Å². The molecule has 0 saturated heterocycles. The van der Waals surface area contributed by atoms with Gasteiger partial charge in [-0.2, -0.15) is 0 Å². The standard InChI is InChI=1S/C13H17NO2/c1-13(14,8-9-5-6-9)11-4-2-3-10(7-11)12(15)16/h2-4,7,9H,5-6,8,14H2,1H3,(H,15,16). The van der Waals surface area contributed by atoms with Gasteiger partial charge in [-0.15, -0.1) is 0 Å². The summed E-state index contributed by atoms with van der Waals surface area (Å²) in [6.07, 6.45) is 3.45. The summed E-state index contributed by atoms with van der Waals surface area (Å²) in [5.41, 5.74) is 7.07. The second kappa shape index (κ2) is 3.91. The molecule has 1 aromatic rings. The third-order valence-electron chi connectivity index (χ3n) is 3.18. The Bertz CT molecular complexity index is 408. The minimum absolute atomic E-state index is 0.310. The van der Waals surface area contributed by atoms with Crippen molar-refractivity contribution in [2.24, 2.45) is 11.7 Å². The molecule has 1 fully saturated rings. The van der Waals surface area contributed by atoms with Crippen LogP contribution in [0.2, 0.25) is 0 Å². The van der Waals surface area contributed by atoms with Crippen molar-refractivity contribution < 1.29 is 9.90 Å². The van der Waals surface area contributed by atoms with Crippen molar-refractivity contribution in [3.05, 3.63) is 35.4 Å². The molecule has 0 heterocycles. The van der Waals surface area contributed by atoms with Crippen LogP contribution in [0.5, 0.6) is 0 Å². The van der Waals surface area contributed by atoms with Crippen LogP contribution in [0.4, 0.5) is 0 Å². The minimum atomic E-state index is -0.899. The molecule has 16 heavy (non-hydrogen) atoms. The van der Waals surface area contributed by atoms with Crippen LogP contribution in [0.25, 0.3) is 0 Å². The van der Waals surface area contributed by atoms with E-state index in [2.05, 4.69) is 0 Å². The minimum Gasteiger partial charge on any atom is -0.478 e. The van der Waals surface area contributed by atoms with Crippen LogP contribution in [-0.2, 0) is 5.54 Å². The molecule has 0 aromatic heterocycles. The summed E-state index contributed by atoms with van der Waals surface area (Å²) in [5.74, 6) is -0.174. The summed E-state index contributed by atoms with van der Waals surface area (Å²) in [6, 6.07) is 6.95. The number of carboxylic acids is 1. The molecule has 2 rings (SSSR count). The second-order valence-electron chi connectivity index (χ2n) is 4.95. The van der Waals surface area contributed by atoms with Crippen LogP contribution >= 0.6 is 0 Å². The topological polar surface area (TPSA) is 63.3 Å². The highest BCUT2D eigenvalue weighted by Gasteiger charge is 2.31. The highest BCUT2D eigenvalue weighted by atomic mass is 16.4. The lowest BCUT2D eigenvalue weighted by molar-refractivity contribution is 0.0696. The van der Waals surface area contributed by atoms with Crippen LogP contribution in [0.1, 0.15) is 42.1 Å². The molecule has 1 aliphatic rings. The SMILES string of the molecule is CC(N)(CC1CC1)c1cccc(C(=O)O)c1. The third-order valence-corrected chi connectivity index (χ3v) is 3.18. The van der Waals surface area contributed by atoms with Crippen LogP contribution in [0, 0.1) is 5.92 Å². The number of carboxylic acid groups (broad SMARTS) is 1. The number of aromatic carboxylic acids is 1. The van der Waals surface area contributed by atoms with E-state index in [4.69, 9.17) is 10.8 Å². The summed E-state index contributed by atoms with van der Waals surface area (Å²) in [4.78, 5) is 10.9. The summed E-state index contributed by atoms with van der Waals surface area (Å²) >= 11 is 0. The molecule has 0 aliphatic heterocycles. The van der Waals surface area contributed by atoms with Gasteiger partial charge in [0.1, 0.15) is 0 Å². The molecule has 1 aliphatic carbocycles. The van der Waals surface area contributed by atoms with E-state index >= 15 is 0 Å². The van der Waals surface area contributed by atoms with Gasteiger partial charge in [0.05, 0.1) is 5.56 Å². The zero-order valence-electron chi connectivity index (χ0n) is 9.44. The Labute approximate surface area is 95.3 Å². The highest BCUT2D eigenvalue weighted by Crippen LogP contribution is 2.39. The average molecular weight is 219 g/mol. The number of hydrogen-bond acceptors (Lipinski definition) is 2. The molecule has 0 amide bonds. The Morgan fingerprint density at radius 2 is 2.25 bits per heavy atom. The number of benzene rings is 1. The largest absolute Gasteiger partial charge is 0.478 e. The van der Waals surface area contributed by atoms with E-state index in [1.165, 1.54) is 12.8 Å². The van der Waals surface area contributed by atoms with E-state index in [1.54, 1.807) is 18.2 Å². The maximum atomic E-state index is 10.9. The van der Waals surface area contributed by atoms with Gasteiger partial charge in [0, 0.05) is 5.54 Å². The molecule has 0 spiro atoms. The van der Waals surface area contributed by atoms with Crippen molar-refractivity contribution in [2.45, 2.75) is 31.7 Å². The summed E-state index contributed by atoms with van der Waals surface area (Å²) in [6.45, 7) is 1.98. The van der Waals surface area contributed by atoms with Crippen molar-refractivity contribution in [3.8, 4) is 0 Å². The fourth-order valence-corrected chi connectivity index (χ4v) is 2.05. The van der Waals surface area contributed by atoms with Gasteiger partial charge >= 0.3 is 5.97 Å². The lowest BCUT2D eigenvalue weighted by Gasteiger charge is -2.25. The van der Waals surface area contributed by atoms with Crippen LogP contribution < -0.4 is 5.73 Å². The van der Waals surface area contributed by atoms with E-state index in [-0.39, 0.29) is 0 Å². The Kier molecular flexibility index (Phi) is 2.72. The molecule has 0 radical (unpaired) electrons. The van der Waals surface area contributed by atoms with Crippen molar-refractivity contribution in [1.29, 1.82) is 0 Å². The van der Waals surface area contributed by atoms with Crippen LogP contribution in [0.3, 0.4) is 0 Å². The first kappa shape index (κ1) is 11.1. The Morgan fingerprint density at radius 1 is 1.56 bits per heavy atom. The summed E-state index contributed by atoms with van der Waals surface area (Å²) < 4.78 is 0. The van der Waals surface area contributed by atoms with Gasteiger partial charge in [0.25, 0.3) is 0 Å². The molecule has 3 heteroatoms. The predicted octanol–water partition coefficient (Wildman–Crippen LogP) is 2.36. The fourth-order valence-electron chi connectivity index (χ4n) is 2.05. The van der Waals surface area contributed by atoms with Gasteiger partial charge in [-0.25, -0.2) is 4.79 Å². The number of nitrogens with two attached hydrogens (primary N) is 1. The van der Waals surface area contributed by atoms with Gasteiger partial charge < -0.3 is 10.8 Å². The Morgan fingerprint density at radius 3 is 2.81 bits per heavy atom. The smallest absolute Gasteiger partial charge is 0.335 e. The molecule has 1 aromatic carbocycles. The first-order valence-corrected chi connectivity index (χ1v) is 5.62. The van der Waals surface area contributed by atoms with Gasteiger partial charge in [-0.05, 0) is 37.0 Å². The maximum Gasteiger partial charge on any atom is 0.335 e. The summed E-state index contributed by atoms with van der Waals surface area (Å²) in [7, 11) is 0. The Hall–Kier alpha value is -1.35. The molecular formula is C13H17NO2. The lowest BCUT2D eigenvalue weighted by Crippen LogP contribution is -2.33. The molecule has 1 unspecified atom stereocenters. The van der Waals surface area contributed by atoms with Crippen LogP contribution in [-0.4, -0.2) is 11.1 Å². The van der Waals surface area contributed by atoms with E-state index in [0.717, 1.165) is 17.9 Å². The van der Waals surface area contributed by atoms with Crippen molar-refractivity contribution >= 4 is 5.97 Å². The van der Waals surface area contributed by atoms with Gasteiger partial charge in [0.2, 0.25) is 0 Å². The van der Waals surface area contributed by atoms with Crippen molar-refractivity contribution in [1.82, 2.24) is 0 Å². The molecule has 86 valence electrons. The van der Waals surface area contributed by atoms with Crippen LogP contribution in [0.15, 0.2) is 24.3 Å². The van der Waals surface area contributed by atoms with E-state index in [9.17, 15) is 4.79 Å². The molecule has 1 atom stereocenters. The van der Waals surface area contributed by atoms with E-state index in [1.807, 2.05) is 13.0 Å².